The molecule has 2 aromatic rings. The van der Waals surface area contributed by atoms with Crippen LogP contribution in [0.2, 0.25) is 0 Å². The van der Waals surface area contributed by atoms with E-state index in [1.807, 2.05) is 31.2 Å². The van der Waals surface area contributed by atoms with Gasteiger partial charge in [0.05, 0.1) is 12.0 Å². The van der Waals surface area contributed by atoms with Gasteiger partial charge in [0.15, 0.2) is 0 Å². The van der Waals surface area contributed by atoms with Crippen LogP contribution in [0, 0.1) is 6.92 Å². The van der Waals surface area contributed by atoms with E-state index in [2.05, 4.69) is 4.98 Å². The third-order valence-corrected chi connectivity index (χ3v) is 3.29. The molecular weight excluding hydrogens is 280 g/mol. The summed E-state index contributed by atoms with van der Waals surface area (Å²) in [5, 5.41) is 8.87. The summed E-state index contributed by atoms with van der Waals surface area (Å²) >= 11 is 0. The molecule has 0 aliphatic heterocycles. The SMILES string of the molecule is Cc1ccc(CN(CCC(=O)O)C(=O)c2cccnc2)cc1. The van der Waals surface area contributed by atoms with Crippen LogP contribution in [0.25, 0.3) is 0 Å². The van der Waals surface area contributed by atoms with Crippen LogP contribution in [0.1, 0.15) is 27.9 Å². The molecular formula is C17H18N2O3. The predicted octanol–water partition coefficient (Wildman–Crippen LogP) is 2.51. The normalized spacial score (nSPS) is 10.2. The van der Waals surface area contributed by atoms with Gasteiger partial charge in [0, 0.05) is 25.5 Å². The molecule has 1 aromatic heterocycles. The van der Waals surface area contributed by atoms with E-state index in [0.29, 0.717) is 12.1 Å². The van der Waals surface area contributed by atoms with Crippen molar-refractivity contribution < 1.29 is 14.7 Å². The molecule has 0 aliphatic rings. The first-order chi connectivity index (χ1) is 10.6. The maximum Gasteiger partial charge on any atom is 0.305 e. The number of carboxylic acid groups (broad SMARTS) is 1. The number of hydrogen-bond acceptors (Lipinski definition) is 3. The Morgan fingerprint density at radius 1 is 1.18 bits per heavy atom. The standard InChI is InChI=1S/C17H18N2O3/c1-13-4-6-14(7-5-13)12-19(10-8-16(20)21)17(22)15-3-2-9-18-11-15/h2-7,9,11H,8,10,12H2,1H3,(H,20,21). The molecule has 0 spiro atoms. The number of carbonyl (C=O) groups excluding carboxylic acids is 1. The van der Waals surface area contributed by atoms with Gasteiger partial charge in [-0.05, 0) is 24.6 Å². The van der Waals surface area contributed by atoms with Crippen molar-refractivity contribution in [1.29, 1.82) is 0 Å². The number of aryl methyl sites for hydroxylation is 1. The Morgan fingerprint density at radius 2 is 1.91 bits per heavy atom. The summed E-state index contributed by atoms with van der Waals surface area (Å²) in [6, 6.07) is 11.2. The summed E-state index contributed by atoms with van der Waals surface area (Å²) in [7, 11) is 0. The average Bonchev–Trinajstić information content (AvgIpc) is 2.53. The number of pyridine rings is 1. The lowest BCUT2D eigenvalue weighted by Crippen LogP contribution is -2.32. The van der Waals surface area contributed by atoms with E-state index in [1.165, 1.54) is 11.1 Å². The molecule has 1 amide bonds. The van der Waals surface area contributed by atoms with Crippen LogP contribution in [0.4, 0.5) is 0 Å². The van der Waals surface area contributed by atoms with Gasteiger partial charge >= 0.3 is 5.97 Å². The molecule has 5 heteroatoms. The number of nitrogens with zero attached hydrogens (tertiary/aromatic N) is 2. The summed E-state index contributed by atoms with van der Waals surface area (Å²) in [6.07, 6.45) is 3.00. The van der Waals surface area contributed by atoms with Crippen LogP contribution in [-0.4, -0.2) is 33.4 Å². The van der Waals surface area contributed by atoms with Crippen molar-refractivity contribution in [2.75, 3.05) is 6.54 Å². The molecule has 0 radical (unpaired) electrons. The Hall–Kier alpha value is -2.69. The van der Waals surface area contributed by atoms with Gasteiger partial charge in [-0.15, -0.1) is 0 Å². The number of aromatic nitrogens is 1. The van der Waals surface area contributed by atoms with Gasteiger partial charge in [0.1, 0.15) is 0 Å². The highest BCUT2D eigenvalue weighted by Gasteiger charge is 2.17. The zero-order valence-electron chi connectivity index (χ0n) is 12.4. The highest BCUT2D eigenvalue weighted by atomic mass is 16.4. The van der Waals surface area contributed by atoms with Crippen molar-refractivity contribution in [1.82, 2.24) is 9.88 Å². The molecule has 0 saturated heterocycles. The number of hydrogen-bond donors (Lipinski definition) is 1. The van der Waals surface area contributed by atoms with E-state index >= 15 is 0 Å². The fraction of sp³-hybridized carbons (Fsp3) is 0.235. The quantitative estimate of drug-likeness (QED) is 0.889. The van der Waals surface area contributed by atoms with Gasteiger partial charge < -0.3 is 10.0 Å². The van der Waals surface area contributed by atoms with Gasteiger partial charge in [0.2, 0.25) is 0 Å². The van der Waals surface area contributed by atoms with Crippen LogP contribution in [0.3, 0.4) is 0 Å². The predicted molar refractivity (Wildman–Crippen MR) is 82.4 cm³/mol. The first-order valence-corrected chi connectivity index (χ1v) is 7.03. The van der Waals surface area contributed by atoms with Crippen LogP contribution in [0.15, 0.2) is 48.8 Å². The number of aliphatic carboxylic acids is 1. The number of carboxylic acids is 1. The number of amides is 1. The lowest BCUT2D eigenvalue weighted by atomic mass is 10.1. The Bertz CT molecular complexity index is 639. The minimum absolute atomic E-state index is 0.0855. The maximum absolute atomic E-state index is 12.5. The summed E-state index contributed by atoms with van der Waals surface area (Å²) in [6.45, 7) is 2.53. The highest BCUT2D eigenvalue weighted by molar-refractivity contribution is 5.94. The molecule has 0 atom stereocenters. The molecule has 2 rings (SSSR count). The van der Waals surface area contributed by atoms with E-state index in [-0.39, 0.29) is 18.9 Å². The molecule has 0 aliphatic carbocycles. The fourth-order valence-electron chi connectivity index (χ4n) is 2.07. The molecule has 0 saturated carbocycles. The summed E-state index contributed by atoms with van der Waals surface area (Å²) in [5.41, 5.74) is 2.56. The van der Waals surface area contributed by atoms with Crippen LogP contribution in [-0.2, 0) is 11.3 Å². The van der Waals surface area contributed by atoms with Crippen LogP contribution >= 0.6 is 0 Å². The second-order valence-corrected chi connectivity index (χ2v) is 5.10. The van der Waals surface area contributed by atoms with Gasteiger partial charge in [-0.1, -0.05) is 29.8 Å². The molecule has 1 N–H and O–H groups in total. The molecule has 5 nitrogen and oxygen atoms in total. The minimum Gasteiger partial charge on any atom is -0.481 e. The summed E-state index contributed by atoms with van der Waals surface area (Å²) < 4.78 is 0. The summed E-state index contributed by atoms with van der Waals surface area (Å²) in [4.78, 5) is 28.8. The zero-order valence-corrected chi connectivity index (χ0v) is 12.4. The van der Waals surface area contributed by atoms with Gasteiger partial charge in [0.25, 0.3) is 5.91 Å². The Morgan fingerprint density at radius 3 is 2.50 bits per heavy atom. The Kier molecular flexibility index (Phi) is 5.25. The molecule has 22 heavy (non-hydrogen) atoms. The third kappa shape index (κ3) is 4.41. The maximum atomic E-state index is 12.5. The van der Waals surface area contributed by atoms with Gasteiger partial charge in [-0.3, -0.25) is 14.6 Å². The van der Waals surface area contributed by atoms with Crippen LogP contribution < -0.4 is 0 Å². The van der Waals surface area contributed by atoms with Crippen molar-refractivity contribution in [3.8, 4) is 0 Å². The molecule has 0 fully saturated rings. The first kappa shape index (κ1) is 15.7. The molecule has 1 aromatic carbocycles. The average molecular weight is 298 g/mol. The zero-order chi connectivity index (χ0) is 15.9. The lowest BCUT2D eigenvalue weighted by molar-refractivity contribution is -0.137. The molecule has 1 heterocycles. The van der Waals surface area contributed by atoms with E-state index in [4.69, 9.17) is 5.11 Å². The second kappa shape index (κ2) is 7.36. The highest BCUT2D eigenvalue weighted by Crippen LogP contribution is 2.11. The third-order valence-electron chi connectivity index (χ3n) is 3.29. The molecule has 0 unspecified atom stereocenters. The first-order valence-electron chi connectivity index (χ1n) is 7.03. The molecule has 0 bridgehead atoms. The smallest absolute Gasteiger partial charge is 0.305 e. The van der Waals surface area contributed by atoms with Crippen molar-refractivity contribution in [2.24, 2.45) is 0 Å². The fourth-order valence-corrected chi connectivity index (χ4v) is 2.07. The van der Waals surface area contributed by atoms with Gasteiger partial charge in [-0.2, -0.15) is 0 Å². The lowest BCUT2D eigenvalue weighted by Gasteiger charge is -2.22. The van der Waals surface area contributed by atoms with E-state index in [9.17, 15) is 9.59 Å². The summed E-state index contributed by atoms with van der Waals surface area (Å²) in [5.74, 6) is -1.14. The molecule has 114 valence electrons. The second-order valence-electron chi connectivity index (χ2n) is 5.10. The van der Waals surface area contributed by atoms with Gasteiger partial charge in [-0.25, -0.2) is 0 Å². The largest absolute Gasteiger partial charge is 0.481 e. The minimum atomic E-state index is -0.923. The topological polar surface area (TPSA) is 70.5 Å². The Labute approximate surface area is 129 Å². The van der Waals surface area contributed by atoms with E-state index < -0.39 is 5.97 Å². The van der Waals surface area contributed by atoms with Crippen molar-refractivity contribution in [3.63, 3.8) is 0 Å². The Balaban J connectivity index is 2.16. The van der Waals surface area contributed by atoms with Crippen molar-refractivity contribution >= 4 is 11.9 Å². The number of benzene rings is 1. The monoisotopic (exact) mass is 298 g/mol. The number of carbonyl (C=O) groups is 2. The van der Waals surface area contributed by atoms with Crippen molar-refractivity contribution in [2.45, 2.75) is 19.9 Å². The van der Waals surface area contributed by atoms with E-state index in [1.54, 1.807) is 18.3 Å². The number of rotatable bonds is 6. The van der Waals surface area contributed by atoms with Crippen molar-refractivity contribution in [3.05, 3.63) is 65.5 Å². The van der Waals surface area contributed by atoms with Crippen LogP contribution in [0.5, 0.6) is 0 Å². The van der Waals surface area contributed by atoms with E-state index in [0.717, 1.165) is 11.1 Å².